The van der Waals surface area contributed by atoms with E-state index in [2.05, 4.69) is 5.23 Å². The molecule has 0 amide bonds. The lowest BCUT2D eigenvalue weighted by Crippen LogP contribution is -2.12. The van der Waals surface area contributed by atoms with Crippen molar-refractivity contribution in [1.82, 2.24) is 0 Å². The Morgan fingerprint density at radius 2 is 2.33 bits per heavy atom. The molecule has 0 fully saturated rings. The monoisotopic (exact) mass is 156 g/mol. The lowest BCUT2D eigenvalue weighted by atomic mass is 9.73. The fourth-order valence-corrected chi connectivity index (χ4v) is 0.981. The number of benzene rings is 1. The molecule has 1 N–H and O–H groups in total. The molecule has 1 rings (SSSR count). The van der Waals surface area contributed by atoms with E-state index in [4.69, 9.17) is 7.98 Å². The fraction of sp³-hybridized carbons (Fsp3) is 0.125. The van der Waals surface area contributed by atoms with Crippen LogP contribution in [0, 0.1) is 0 Å². The first-order valence-electron chi connectivity index (χ1n) is 3.67. The number of rotatable bonds is 3. The SMILES string of the molecule is [B]Nc1cc([B]C)ccc1C=O. The van der Waals surface area contributed by atoms with Gasteiger partial charge < -0.3 is 5.23 Å². The first kappa shape index (κ1) is 8.91. The molecular formula is C8H8B2NO. The highest BCUT2D eigenvalue weighted by Gasteiger charge is 1.99. The van der Waals surface area contributed by atoms with Gasteiger partial charge in [0.05, 0.1) is 0 Å². The molecule has 0 heterocycles. The Morgan fingerprint density at radius 1 is 1.58 bits per heavy atom. The van der Waals surface area contributed by atoms with Gasteiger partial charge in [-0.2, -0.15) is 0 Å². The van der Waals surface area contributed by atoms with E-state index in [9.17, 15) is 4.79 Å². The molecule has 0 aliphatic rings. The summed E-state index contributed by atoms with van der Waals surface area (Å²) >= 11 is 0. The molecular weight excluding hydrogens is 148 g/mol. The van der Waals surface area contributed by atoms with Gasteiger partial charge in [-0.1, -0.05) is 24.4 Å². The highest BCUT2D eigenvalue weighted by Crippen LogP contribution is 2.09. The summed E-state index contributed by atoms with van der Waals surface area (Å²) in [6.45, 7) is 1.93. The molecule has 0 unspecified atom stereocenters. The van der Waals surface area contributed by atoms with Crippen molar-refractivity contribution in [2.24, 2.45) is 0 Å². The van der Waals surface area contributed by atoms with E-state index in [1.54, 1.807) is 6.07 Å². The van der Waals surface area contributed by atoms with Crippen LogP contribution in [-0.2, 0) is 0 Å². The van der Waals surface area contributed by atoms with E-state index in [1.165, 1.54) is 0 Å². The second-order valence-electron chi connectivity index (χ2n) is 2.40. The zero-order valence-corrected chi connectivity index (χ0v) is 6.87. The maximum atomic E-state index is 10.5. The molecule has 0 aromatic heterocycles. The first-order valence-corrected chi connectivity index (χ1v) is 3.67. The van der Waals surface area contributed by atoms with Crippen molar-refractivity contribution in [2.45, 2.75) is 6.82 Å². The van der Waals surface area contributed by atoms with Crippen LogP contribution in [-0.4, -0.2) is 21.5 Å². The number of nitrogens with one attached hydrogen (secondary N) is 1. The molecule has 0 saturated heterocycles. The van der Waals surface area contributed by atoms with Crippen LogP contribution in [0.4, 0.5) is 5.69 Å². The molecule has 0 aliphatic heterocycles. The average molecular weight is 156 g/mol. The number of carbonyl (C=O) groups excluding carboxylic acids is 1. The van der Waals surface area contributed by atoms with Crippen LogP contribution >= 0.6 is 0 Å². The van der Waals surface area contributed by atoms with E-state index in [-0.39, 0.29) is 0 Å². The predicted molar refractivity (Wildman–Crippen MR) is 52.5 cm³/mol. The van der Waals surface area contributed by atoms with Crippen LogP contribution < -0.4 is 10.7 Å². The third kappa shape index (κ3) is 1.70. The maximum Gasteiger partial charge on any atom is 0.222 e. The second kappa shape index (κ2) is 4.00. The van der Waals surface area contributed by atoms with Crippen molar-refractivity contribution in [2.75, 3.05) is 5.23 Å². The van der Waals surface area contributed by atoms with Gasteiger partial charge in [-0.3, -0.25) is 4.79 Å². The second-order valence-corrected chi connectivity index (χ2v) is 2.40. The normalized spacial score (nSPS) is 9.08. The topological polar surface area (TPSA) is 29.1 Å². The van der Waals surface area contributed by atoms with Crippen molar-refractivity contribution < 1.29 is 4.79 Å². The number of hydrogen-bond donors (Lipinski definition) is 1. The Balaban J connectivity index is 3.10. The lowest BCUT2D eigenvalue weighted by molar-refractivity contribution is 0.112. The Bertz CT molecular complexity index is 288. The minimum atomic E-state index is 0.572. The summed E-state index contributed by atoms with van der Waals surface area (Å²) in [5, 5.41) is 2.47. The average Bonchev–Trinajstić information content (AvgIpc) is 2.16. The van der Waals surface area contributed by atoms with Crippen LogP contribution in [0.3, 0.4) is 0 Å². The lowest BCUT2D eigenvalue weighted by Gasteiger charge is -2.05. The Kier molecular flexibility index (Phi) is 2.97. The van der Waals surface area contributed by atoms with Gasteiger partial charge in [0.1, 0.15) is 7.28 Å². The van der Waals surface area contributed by atoms with Gasteiger partial charge in [-0.05, 0) is 6.07 Å². The van der Waals surface area contributed by atoms with Gasteiger partial charge in [-0.15, -0.1) is 0 Å². The largest absolute Gasteiger partial charge is 0.437 e. The van der Waals surface area contributed by atoms with Crippen LogP contribution in [0.1, 0.15) is 10.4 Å². The zero-order chi connectivity index (χ0) is 8.97. The van der Waals surface area contributed by atoms with E-state index in [1.807, 2.05) is 26.2 Å². The third-order valence-electron chi connectivity index (χ3n) is 1.69. The Morgan fingerprint density at radius 3 is 2.83 bits per heavy atom. The van der Waals surface area contributed by atoms with Crippen LogP contribution in [0.5, 0.6) is 0 Å². The molecule has 1 aromatic carbocycles. The van der Waals surface area contributed by atoms with Crippen molar-refractivity contribution in [3.63, 3.8) is 0 Å². The highest BCUT2D eigenvalue weighted by atomic mass is 16.1. The van der Waals surface area contributed by atoms with Gasteiger partial charge in [0.25, 0.3) is 0 Å². The summed E-state index contributed by atoms with van der Waals surface area (Å²) in [5.41, 5.74) is 2.26. The predicted octanol–water partition coefficient (Wildman–Crippen LogP) is 0.372. The smallest absolute Gasteiger partial charge is 0.222 e. The van der Waals surface area contributed by atoms with E-state index < -0.39 is 0 Å². The molecule has 3 radical (unpaired) electrons. The zero-order valence-electron chi connectivity index (χ0n) is 6.87. The summed E-state index contributed by atoms with van der Waals surface area (Å²) in [7, 11) is 7.17. The molecule has 12 heavy (non-hydrogen) atoms. The molecule has 4 heteroatoms. The van der Waals surface area contributed by atoms with Gasteiger partial charge in [0.2, 0.25) is 7.98 Å². The van der Waals surface area contributed by atoms with Crippen LogP contribution in [0.2, 0.25) is 6.82 Å². The standard InChI is InChI=1S/C8H8B2NO/c1-10-7-3-2-6(5-12)8(4-7)11-9/h2-5,11H,1H3. The van der Waals surface area contributed by atoms with Crippen LogP contribution in [0.25, 0.3) is 0 Å². The van der Waals surface area contributed by atoms with Crippen molar-refractivity contribution >= 4 is 32.7 Å². The summed E-state index contributed by atoms with van der Waals surface area (Å²) in [4.78, 5) is 10.5. The quantitative estimate of drug-likeness (QED) is 0.505. The summed E-state index contributed by atoms with van der Waals surface area (Å²) < 4.78 is 0. The number of anilines is 1. The Hall–Kier alpha value is -1.18. The molecule has 57 valence electrons. The Labute approximate surface area is 74.0 Å². The fourth-order valence-electron chi connectivity index (χ4n) is 0.981. The molecule has 0 saturated carbocycles. The first-order chi connectivity index (χ1) is 5.81. The van der Waals surface area contributed by atoms with Crippen molar-refractivity contribution in [1.29, 1.82) is 0 Å². The van der Waals surface area contributed by atoms with Crippen LogP contribution in [0.15, 0.2) is 18.2 Å². The van der Waals surface area contributed by atoms with Gasteiger partial charge in [-0.25, -0.2) is 0 Å². The minimum Gasteiger partial charge on any atom is -0.437 e. The summed E-state index contributed by atoms with van der Waals surface area (Å²) in [6.07, 6.45) is 0.772. The van der Waals surface area contributed by atoms with E-state index in [0.29, 0.717) is 11.3 Å². The molecule has 0 spiro atoms. The van der Waals surface area contributed by atoms with Gasteiger partial charge >= 0.3 is 0 Å². The molecule has 0 aliphatic carbocycles. The molecule has 2 nitrogen and oxygen atoms in total. The molecule has 0 bridgehead atoms. The minimum absolute atomic E-state index is 0.572. The molecule has 0 atom stereocenters. The van der Waals surface area contributed by atoms with Gasteiger partial charge in [0.15, 0.2) is 6.29 Å². The third-order valence-corrected chi connectivity index (χ3v) is 1.69. The van der Waals surface area contributed by atoms with Crippen molar-refractivity contribution in [3.8, 4) is 0 Å². The summed E-state index contributed by atoms with van der Waals surface area (Å²) in [6, 6.07) is 5.42. The van der Waals surface area contributed by atoms with E-state index in [0.717, 1.165) is 11.7 Å². The van der Waals surface area contributed by atoms with Gasteiger partial charge in [0, 0.05) is 11.3 Å². The highest BCUT2D eigenvalue weighted by molar-refractivity contribution is 6.52. The number of aldehydes is 1. The number of hydrogen-bond acceptors (Lipinski definition) is 2. The molecule has 1 aromatic rings. The van der Waals surface area contributed by atoms with Crippen molar-refractivity contribution in [3.05, 3.63) is 23.8 Å². The maximum absolute atomic E-state index is 10.5. The summed E-state index contributed by atoms with van der Waals surface area (Å²) in [5.74, 6) is 0. The van der Waals surface area contributed by atoms with E-state index >= 15 is 0 Å². The number of carbonyl (C=O) groups is 1.